The average molecular weight is 491 g/mol. The highest BCUT2D eigenvalue weighted by molar-refractivity contribution is 7.84. The number of benzene rings is 1. The molecule has 9 heteroatoms. The number of ether oxygens (including phenoxy) is 1. The number of urea groups is 1. The smallest absolute Gasteiger partial charge is 0.331 e. The van der Waals surface area contributed by atoms with Gasteiger partial charge in [-0.25, -0.2) is 18.4 Å². The van der Waals surface area contributed by atoms with E-state index in [4.69, 9.17) is 4.74 Å². The van der Waals surface area contributed by atoms with Crippen molar-refractivity contribution in [1.82, 2.24) is 14.6 Å². The number of nitrogens with zero attached hydrogens (tertiary/aromatic N) is 2. The number of likely N-dealkylation sites (tertiary alicyclic amines) is 1. The molecule has 1 fully saturated rings. The summed E-state index contributed by atoms with van der Waals surface area (Å²) in [6, 6.07) is 4.37. The van der Waals surface area contributed by atoms with Crippen molar-refractivity contribution in [3.8, 4) is 17.0 Å². The quantitative estimate of drug-likeness (QED) is 0.614. The van der Waals surface area contributed by atoms with Gasteiger partial charge in [-0.3, -0.25) is 4.72 Å². The number of hydrogen-bond donors (Lipinski definition) is 2. The van der Waals surface area contributed by atoms with Crippen LogP contribution in [0, 0.1) is 5.82 Å². The molecular weight excluding hydrogens is 455 g/mol. The van der Waals surface area contributed by atoms with Gasteiger partial charge in [0.1, 0.15) is 16.8 Å². The number of halogens is 1. The summed E-state index contributed by atoms with van der Waals surface area (Å²) in [4.78, 5) is 19.2. The van der Waals surface area contributed by atoms with Crippen LogP contribution in [0.5, 0.6) is 5.88 Å². The molecule has 2 aromatic rings. The lowest BCUT2D eigenvalue weighted by molar-refractivity contribution is 0.242. The van der Waals surface area contributed by atoms with Gasteiger partial charge in [0.2, 0.25) is 5.88 Å². The molecule has 7 nitrogen and oxygen atoms in total. The zero-order chi connectivity index (χ0) is 24.7. The van der Waals surface area contributed by atoms with Gasteiger partial charge in [0.15, 0.2) is 0 Å². The van der Waals surface area contributed by atoms with Crippen LogP contribution < -0.4 is 14.8 Å². The van der Waals surface area contributed by atoms with E-state index in [1.807, 2.05) is 13.8 Å². The highest BCUT2D eigenvalue weighted by Crippen LogP contribution is 2.39. The van der Waals surface area contributed by atoms with Gasteiger partial charge in [-0.2, -0.15) is 0 Å². The zero-order valence-electron chi connectivity index (χ0n) is 20.4. The second-order valence-electron chi connectivity index (χ2n) is 8.17. The van der Waals surface area contributed by atoms with Crippen molar-refractivity contribution in [3.05, 3.63) is 41.3 Å². The van der Waals surface area contributed by atoms with Gasteiger partial charge in [0.25, 0.3) is 0 Å². The molecule has 1 aromatic heterocycles. The summed E-state index contributed by atoms with van der Waals surface area (Å²) in [6.45, 7) is 8.86. The maximum atomic E-state index is 14.8. The van der Waals surface area contributed by atoms with Crippen LogP contribution in [-0.4, -0.2) is 52.1 Å². The van der Waals surface area contributed by atoms with E-state index in [2.05, 4.69) is 26.8 Å². The van der Waals surface area contributed by atoms with E-state index in [1.54, 1.807) is 18.3 Å². The van der Waals surface area contributed by atoms with Crippen molar-refractivity contribution in [2.45, 2.75) is 58.1 Å². The van der Waals surface area contributed by atoms with Gasteiger partial charge < -0.3 is 15.0 Å². The van der Waals surface area contributed by atoms with E-state index in [-0.39, 0.29) is 11.1 Å². The Hall–Kier alpha value is -2.52. The van der Waals surface area contributed by atoms with Gasteiger partial charge in [-0.15, -0.1) is 0 Å². The first-order valence-corrected chi connectivity index (χ1v) is 13.3. The molecule has 1 aliphatic heterocycles. The number of fused-ring (bicyclic) bond motifs is 1. The summed E-state index contributed by atoms with van der Waals surface area (Å²) in [6.07, 6.45) is 5.30. The predicted octanol–water partition coefficient (Wildman–Crippen LogP) is 4.68. The van der Waals surface area contributed by atoms with Crippen molar-refractivity contribution in [2.75, 3.05) is 32.1 Å². The summed E-state index contributed by atoms with van der Waals surface area (Å²) in [5.74, 6) is 0.124. The van der Waals surface area contributed by atoms with Gasteiger partial charge in [0.05, 0.1) is 18.0 Å². The van der Waals surface area contributed by atoms with E-state index in [9.17, 15) is 13.4 Å². The molecule has 34 heavy (non-hydrogen) atoms. The third-order valence-corrected chi connectivity index (χ3v) is 7.78. The Morgan fingerprint density at radius 1 is 1.24 bits per heavy atom. The zero-order valence-corrected chi connectivity index (χ0v) is 21.3. The van der Waals surface area contributed by atoms with Crippen LogP contribution in [0.3, 0.4) is 0 Å². The molecule has 186 valence electrons. The molecule has 4 rings (SSSR count). The first-order valence-electron chi connectivity index (χ1n) is 12.0. The lowest BCUT2D eigenvalue weighted by Gasteiger charge is -2.30. The summed E-state index contributed by atoms with van der Waals surface area (Å²) in [5.41, 5.74) is 3.24. The van der Waals surface area contributed by atoms with E-state index in [0.717, 1.165) is 44.5 Å². The summed E-state index contributed by atoms with van der Waals surface area (Å²) >= 11 is 0. The molecule has 0 bridgehead atoms. The molecule has 2 heterocycles. The van der Waals surface area contributed by atoms with Crippen LogP contribution >= 0.6 is 0 Å². The maximum Gasteiger partial charge on any atom is 0.331 e. The molecule has 0 saturated carbocycles. The Bertz CT molecular complexity index is 1030. The van der Waals surface area contributed by atoms with E-state index in [0.29, 0.717) is 41.1 Å². The number of carbonyl (C=O) groups excluding carboxylic acids is 1. The number of anilines is 1. The SMILES string of the molecule is CC.CCN1CCC(S(=O)NC(=O)Nc2c(-c3ccnc(OC)c3)cc(F)c3c2CCC3)CC1. The van der Waals surface area contributed by atoms with Crippen molar-refractivity contribution in [3.63, 3.8) is 0 Å². The van der Waals surface area contributed by atoms with Gasteiger partial charge >= 0.3 is 6.03 Å². The molecule has 1 aromatic carbocycles. The Morgan fingerprint density at radius 3 is 2.62 bits per heavy atom. The fraction of sp³-hybridized carbons (Fsp3) is 0.520. The second kappa shape index (κ2) is 12.3. The lowest BCUT2D eigenvalue weighted by atomic mass is 9.97. The van der Waals surface area contributed by atoms with Crippen LogP contribution in [0.4, 0.5) is 14.9 Å². The van der Waals surface area contributed by atoms with Crippen molar-refractivity contribution < 1.29 is 18.1 Å². The normalized spacial score (nSPS) is 16.7. The van der Waals surface area contributed by atoms with Crippen LogP contribution in [0.1, 0.15) is 51.2 Å². The van der Waals surface area contributed by atoms with Crippen LogP contribution in [-0.2, 0) is 23.8 Å². The number of carbonyl (C=O) groups is 1. The molecule has 0 spiro atoms. The molecule has 1 unspecified atom stereocenters. The van der Waals surface area contributed by atoms with Crippen molar-refractivity contribution in [1.29, 1.82) is 0 Å². The minimum absolute atomic E-state index is 0.0635. The number of hydrogen-bond acceptors (Lipinski definition) is 5. The standard InChI is InChI=1S/C23H29FN4O3S.C2H6/c1-3-28-11-8-16(9-12-28)32(30)27-23(29)26-22-18-6-4-5-17(18)20(24)14-19(22)15-7-10-25-21(13-15)31-2;1-2/h7,10,13-14,16H,3-6,8-9,11-12H2,1-2H3,(H2,26,27,29);1-2H3. The van der Waals surface area contributed by atoms with E-state index >= 15 is 0 Å². The number of pyridine rings is 1. The second-order valence-corrected chi connectivity index (χ2v) is 9.63. The molecule has 2 aliphatic rings. The Morgan fingerprint density at radius 2 is 1.94 bits per heavy atom. The Labute approximate surface area is 204 Å². The van der Waals surface area contributed by atoms with Crippen LogP contribution in [0.15, 0.2) is 24.4 Å². The van der Waals surface area contributed by atoms with Gasteiger partial charge in [-0.1, -0.05) is 20.8 Å². The van der Waals surface area contributed by atoms with Crippen LogP contribution in [0.25, 0.3) is 11.1 Å². The Balaban J connectivity index is 0.00000158. The largest absolute Gasteiger partial charge is 0.481 e. The molecule has 2 N–H and O–H groups in total. The van der Waals surface area contributed by atoms with E-state index < -0.39 is 17.0 Å². The van der Waals surface area contributed by atoms with Crippen molar-refractivity contribution in [2.24, 2.45) is 0 Å². The Kier molecular flexibility index (Phi) is 9.41. The third kappa shape index (κ3) is 5.93. The number of nitrogens with one attached hydrogen (secondary N) is 2. The minimum Gasteiger partial charge on any atom is -0.481 e. The molecule has 2 amide bonds. The number of piperidine rings is 1. The van der Waals surface area contributed by atoms with E-state index in [1.165, 1.54) is 13.2 Å². The lowest BCUT2D eigenvalue weighted by Crippen LogP contribution is -2.42. The number of methoxy groups -OCH3 is 1. The monoisotopic (exact) mass is 490 g/mol. The molecular formula is C25H35FN4O3S. The maximum absolute atomic E-state index is 14.8. The molecule has 1 saturated heterocycles. The number of aromatic nitrogens is 1. The highest BCUT2D eigenvalue weighted by Gasteiger charge is 2.27. The fourth-order valence-electron chi connectivity index (χ4n) is 4.54. The highest BCUT2D eigenvalue weighted by atomic mass is 32.2. The molecule has 1 aliphatic carbocycles. The predicted molar refractivity (Wildman–Crippen MR) is 135 cm³/mol. The third-order valence-electron chi connectivity index (χ3n) is 6.32. The summed E-state index contributed by atoms with van der Waals surface area (Å²) in [7, 11) is 0.0374. The topological polar surface area (TPSA) is 83.6 Å². The number of amides is 2. The number of rotatable bonds is 6. The van der Waals surface area contributed by atoms with Gasteiger partial charge in [-0.05, 0) is 80.6 Å². The minimum atomic E-state index is -1.48. The molecule has 1 atom stereocenters. The first kappa shape index (κ1) is 26.1. The van der Waals surface area contributed by atoms with Crippen molar-refractivity contribution >= 4 is 22.7 Å². The van der Waals surface area contributed by atoms with Crippen LogP contribution in [0.2, 0.25) is 0 Å². The first-order chi connectivity index (χ1) is 16.5. The summed E-state index contributed by atoms with van der Waals surface area (Å²) < 4.78 is 35.4. The average Bonchev–Trinajstić information content (AvgIpc) is 3.38. The fourth-order valence-corrected chi connectivity index (χ4v) is 5.58. The molecule has 0 radical (unpaired) electrons. The van der Waals surface area contributed by atoms with Gasteiger partial charge in [0, 0.05) is 17.8 Å². The summed E-state index contributed by atoms with van der Waals surface area (Å²) in [5, 5.41) is 2.82.